The van der Waals surface area contributed by atoms with Crippen molar-refractivity contribution >= 4 is 11.3 Å². The van der Waals surface area contributed by atoms with Gasteiger partial charge in [0, 0.05) is 17.0 Å². The lowest BCUT2D eigenvalue weighted by atomic mass is 10.1. The van der Waals surface area contributed by atoms with E-state index in [2.05, 4.69) is 41.9 Å². The highest BCUT2D eigenvalue weighted by Crippen LogP contribution is 2.23. The van der Waals surface area contributed by atoms with Gasteiger partial charge in [0.05, 0.1) is 10.7 Å². The molecule has 1 heterocycles. The summed E-state index contributed by atoms with van der Waals surface area (Å²) in [7, 11) is 0. The summed E-state index contributed by atoms with van der Waals surface area (Å²) in [5.41, 5.74) is 2.34. The van der Waals surface area contributed by atoms with Gasteiger partial charge in [-0.2, -0.15) is 0 Å². The van der Waals surface area contributed by atoms with Gasteiger partial charge in [-0.15, -0.1) is 11.3 Å². The van der Waals surface area contributed by atoms with Crippen LogP contribution in [0.3, 0.4) is 0 Å². The van der Waals surface area contributed by atoms with Gasteiger partial charge < -0.3 is 5.32 Å². The van der Waals surface area contributed by atoms with Crippen LogP contribution >= 0.6 is 11.3 Å². The van der Waals surface area contributed by atoms with Crippen LogP contribution in [0.4, 0.5) is 0 Å². The van der Waals surface area contributed by atoms with E-state index in [1.807, 2.05) is 6.07 Å². The Morgan fingerprint density at radius 1 is 1.30 bits per heavy atom. The number of thiazole rings is 1. The van der Waals surface area contributed by atoms with Crippen LogP contribution in [0, 0.1) is 5.92 Å². The molecule has 2 nitrogen and oxygen atoms in total. The normalized spacial score (nSPS) is 16.2. The number of rotatable bonds is 7. The monoisotopic (exact) mass is 286 g/mol. The number of aryl methyl sites for hydroxylation is 1. The molecular weight excluding hydrogens is 264 g/mol. The minimum atomic E-state index is 0.736. The van der Waals surface area contributed by atoms with Gasteiger partial charge in [0.2, 0.25) is 0 Å². The molecule has 1 aromatic heterocycles. The first-order valence-corrected chi connectivity index (χ1v) is 8.42. The number of hydrogen-bond acceptors (Lipinski definition) is 3. The molecule has 3 heteroatoms. The van der Waals surface area contributed by atoms with Gasteiger partial charge >= 0.3 is 0 Å². The molecule has 0 amide bonds. The highest BCUT2D eigenvalue weighted by molar-refractivity contribution is 7.09. The van der Waals surface area contributed by atoms with Crippen molar-refractivity contribution in [3.05, 3.63) is 40.7 Å². The number of nitrogens with one attached hydrogen (secondary N) is 1. The van der Waals surface area contributed by atoms with Gasteiger partial charge in [-0.05, 0) is 38.1 Å². The molecule has 0 saturated heterocycles. The number of nitrogens with zero attached hydrogens (tertiary/aromatic N) is 1. The SMILES string of the molecule is CC(CCc1nc(-c2ccccc2)cs1)CNC1CC1. The van der Waals surface area contributed by atoms with E-state index < -0.39 is 0 Å². The molecule has 0 spiro atoms. The third kappa shape index (κ3) is 3.90. The molecule has 0 aliphatic heterocycles. The van der Waals surface area contributed by atoms with Crippen LogP contribution in [-0.4, -0.2) is 17.6 Å². The van der Waals surface area contributed by atoms with Crippen LogP contribution in [0.2, 0.25) is 0 Å². The lowest BCUT2D eigenvalue weighted by Crippen LogP contribution is -2.23. The average molecular weight is 286 g/mol. The van der Waals surface area contributed by atoms with Crippen molar-refractivity contribution in [1.82, 2.24) is 10.3 Å². The second kappa shape index (κ2) is 6.51. The van der Waals surface area contributed by atoms with E-state index in [9.17, 15) is 0 Å². The Kier molecular flexibility index (Phi) is 4.48. The van der Waals surface area contributed by atoms with Crippen molar-refractivity contribution in [3.8, 4) is 11.3 Å². The average Bonchev–Trinajstić information content (AvgIpc) is 3.20. The lowest BCUT2D eigenvalue weighted by molar-refractivity contribution is 0.479. The molecule has 1 aromatic carbocycles. The van der Waals surface area contributed by atoms with Gasteiger partial charge in [0.1, 0.15) is 0 Å². The summed E-state index contributed by atoms with van der Waals surface area (Å²) in [5.74, 6) is 0.736. The first-order chi connectivity index (χ1) is 9.81. The predicted molar refractivity (Wildman–Crippen MR) is 86.1 cm³/mol. The summed E-state index contributed by atoms with van der Waals surface area (Å²) in [6.45, 7) is 3.49. The molecule has 1 N–H and O–H groups in total. The highest BCUT2D eigenvalue weighted by atomic mass is 32.1. The van der Waals surface area contributed by atoms with Gasteiger partial charge in [-0.1, -0.05) is 37.3 Å². The zero-order chi connectivity index (χ0) is 13.8. The van der Waals surface area contributed by atoms with E-state index in [0.717, 1.165) is 30.6 Å². The maximum atomic E-state index is 4.76. The van der Waals surface area contributed by atoms with Crippen molar-refractivity contribution in [1.29, 1.82) is 0 Å². The maximum absolute atomic E-state index is 4.76. The summed E-state index contributed by atoms with van der Waals surface area (Å²) in [4.78, 5) is 4.76. The first-order valence-electron chi connectivity index (χ1n) is 7.54. The van der Waals surface area contributed by atoms with Gasteiger partial charge in [0.25, 0.3) is 0 Å². The molecule has 0 bridgehead atoms. The smallest absolute Gasteiger partial charge is 0.0932 e. The van der Waals surface area contributed by atoms with Gasteiger partial charge in [-0.3, -0.25) is 0 Å². The molecule has 1 aliphatic carbocycles. The molecule has 1 unspecified atom stereocenters. The second-order valence-corrected chi connectivity index (χ2v) is 6.76. The summed E-state index contributed by atoms with van der Waals surface area (Å²) >= 11 is 1.79. The Hall–Kier alpha value is -1.19. The number of hydrogen-bond donors (Lipinski definition) is 1. The molecule has 1 fully saturated rings. The van der Waals surface area contributed by atoms with E-state index in [1.54, 1.807) is 11.3 Å². The molecule has 1 saturated carbocycles. The Morgan fingerprint density at radius 2 is 2.10 bits per heavy atom. The predicted octanol–water partition coefficient (Wildman–Crippen LogP) is 4.13. The van der Waals surface area contributed by atoms with Crippen molar-refractivity contribution in [2.24, 2.45) is 5.92 Å². The topological polar surface area (TPSA) is 24.9 Å². The third-order valence-corrected chi connectivity index (χ3v) is 4.71. The Morgan fingerprint density at radius 3 is 2.85 bits per heavy atom. The van der Waals surface area contributed by atoms with Crippen LogP contribution < -0.4 is 5.32 Å². The number of aromatic nitrogens is 1. The van der Waals surface area contributed by atoms with Crippen LogP contribution in [0.1, 0.15) is 31.2 Å². The minimum Gasteiger partial charge on any atom is -0.314 e. The minimum absolute atomic E-state index is 0.736. The Labute approximate surface area is 125 Å². The zero-order valence-corrected chi connectivity index (χ0v) is 12.8. The third-order valence-electron chi connectivity index (χ3n) is 3.80. The maximum Gasteiger partial charge on any atom is 0.0932 e. The summed E-state index contributed by atoms with van der Waals surface area (Å²) in [6, 6.07) is 11.3. The molecule has 2 aromatic rings. The standard InChI is InChI=1S/C17H22N2S/c1-13(11-18-15-8-9-15)7-10-17-19-16(12-20-17)14-5-3-2-4-6-14/h2-6,12-13,15,18H,7-11H2,1H3. The molecule has 1 aliphatic rings. The molecule has 1 atom stereocenters. The highest BCUT2D eigenvalue weighted by Gasteiger charge is 2.20. The van der Waals surface area contributed by atoms with Gasteiger partial charge in [0.15, 0.2) is 0 Å². The van der Waals surface area contributed by atoms with Crippen LogP contribution in [0.25, 0.3) is 11.3 Å². The van der Waals surface area contributed by atoms with E-state index in [4.69, 9.17) is 4.98 Å². The van der Waals surface area contributed by atoms with E-state index in [1.165, 1.54) is 29.8 Å². The van der Waals surface area contributed by atoms with Crippen LogP contribution in [-0.2, 0) is 6.42 Å². The fraction of sp³-hybridized carbons (Fsp3) is 0.471. The Balaban J connectivity index is 1.49. The second-order valence-electron chi connectivity index (χ2n) is 5.82. The van der Waals surface area contributed by atoms with E-state index in [0.29, 0.717) is 0 Å². The number of benzene rings is 1. The molecule has 0 radical (unpaired) electrons. The van der Waals surface area contributed by atoms with Crippen molar-refractivity contribution in [3.63, 3.8) is 0 Å². The molecule has 106 valence electrons. The summed E-state index contributed by atoms with van der Waals surface area (Å²) in [5, 5.41) is 7.05. The first kappa shape index (κ1) is 13.8. The van der Waals surface area contributed by atoms with Crippen LogP contribution in [0.5, 0.6) is 0 Å². The molecule has 3 rings (SSSR count). The fourth-order valence-corrected chi connectivity index (χ4v) is 3.12. The lowest BCUT2D eigenvalue weighted by Gasteiger charge is -2.10. The largest absolute Gasteiger partial charge is 0.314 e. The molecule has 20 heavy (non-hydrogen) atoms. The quantitative estimate of drug-likeness (QED) is 0.828. The van der Waals surface area contributed by atoms with Crippen LogP contribution in [0.15, 0.2) is 35.7 Å². The molecular formula is C17H22N2S. The summed E-state index contributed by atoms with van der Waals surface area (Å²) in [6.07, 6.45) is 5.08. The van der Waals surface area contributed by atoms with E-state index in [-0.39, 0.29) is 0 Å². The fourth-order valence-electron chi connectivity index (χ4n) is 2.29. The van der Waals surface area contributed by atoms with Gasteiger partial charge in [-0.25, -0.2) is 4.98 Å². The van der Waals surface area contributed by atoms with Crippen molar-refractivity contribution in [2.45, 2.75) is 38.6 Å². The zero-order valence-electron chi connectivity index (χ0n) is 12.0. The Bertz CT molecular complexity index is 531. The van der Waals surface area contributed by atoms with Crippen molar-refractivity contribution in [2.75, 3.05) is 6.54 Å². The van der Waals surface area contributed by atoms with E-state index >= 15 is 0 Å². The van der Waals surface area contributed by atoms with Crippen molar-refractivity contribution < 1.29 is 0 Å². The summed E-state index contributed by atoms with van der Waals surface area (Å²) < 4.78 is 0.